The Kier molecular flexibility index (Phi) is 5.42. The maximum Gasteiger partial charge on any atom is 0.181 e. The third kappa shape index (κ3) is 3.60. The van der Waals surface area contributed by atoms with Crippen molar-refractivity contribution in [3.63, 3.8) is 0 Å². The van der Waals surface area contributed by atoms with Crippen molar-refractivity contribution in [2.75, 3.05) is 11.4 Å². The molecule has 158 valence electrons. The van der Waals surface area contributed by atoms with E-state index >= 15 is 0 Å². The Bertz CT molecular complexity index is 1190. The third-order valence-electron chi connectivity index (χ3n) is 6.10. The van der Waals surface area contributed by atoms with E-state index in [9.17, 15) is 5.11 Å². The minimum atomic E-state index is -0.370. The summed E-state index contributed by atoms with van der Waals surface area (Å²) in [6.07, 6.45) is 4.16. The number of aliphatic hydroxyl groups is 1. The van der Waals surface area contributed by atoms with Crippen LogP contribution in [0.2, 0.25) is 0 Å². The number of aliphatic hydroxyl groups excluding tert-OH is 1. The zero-order chi connectivity index (χ0) is 21.4. The lowest BCUT2D eigenvalue weighted by atomic mass is 10.0. The van der Waals surface area contributed by atoms with E-state index in [1.165, 1.54) is 16.0 Å². The van der Waals surface area contributed by atoms with Gasteiger partial charge in [0.15, 0.2) is 5.82 Å². The SMILES string of the molecule is CCC(O)[C@H]1CCCN1c1nc(-c2ccccn2)nc2sc(C)c(-c3ccccc3)c12. The Morgan fingerprint density at radius 2 is 1.94 bits per heavy atom. The average Bonchev–Trinajstić information content (AvgIpc) is 3.43. The first-order valence-corrected chi connectivity index (χ1v) is 11.7. The fourth-order valence-corrected chi connectivity index (χ4v) is 5.63. The van der Waals surface area contributed by atoms with Crippen LogP contribution in [0.25, 0.3) is 32.9 Å². The fraction of sp³-hybridized carbons (Fsp3) is 0.320. The van der Waals surface area contributed by atoms with Gasteiger partial charge in [0.25, 0.3) is 0 Å². The van der Waals surface area contributed by atoms with E-state index in [1.54, 1.807) is 17.5 Å². The van der Waals surface area contributed by atoms with E-state index in [2.05, 4.69) is 41.1 Å². The monoisotopic (exact) mass is 430 g/mol. The van der Waals surface area contributed by atoms with E-state index in [0.29, 0.717) is 5.82 Å². The van der Waals surface area contributed by atoms with Crippen LogP contribution in [0.5, 0.6) is 0 Å². The predicted molar refractivity (Wildman–Crippen MR) is 127 cm³/mol. The molecule has 5 rings (SSSR count). The number of hydrogen-bond acceptors (Lipinski definition) is 6. The van der Waals surface area contributed by atoms with Gasteiger partial charge in [-0.2, -0.15) is 0 Å². The summed E-state index contributed by atoms with van der Waals surface area (Å²) in [7, 11) is 0. The van der Waals surface area contributed by atoms with Crippen molar-refractivity contribution < 1.29 is 5.11 Å². The second-order valence-corrected chi connectivity index (χ2v) is 9.25. The molecule has 1 aromatic carbocycles. The normalized spacial score (nSPS) is 17.4. The molecule has 1 unspecified atom stereocenters. The largest absolute Gasteiger partial charge is 0.391 e. The summed E-state index contributed by atoms with van der Waals surface area (Å²) in [5.74, 6) is 1.56. The molecule has 6 heteroatoms. The summed E-state index contributed by atoms with van der Waals surface area (Å²) < 4.78 is 0. The van der Waals surface area contributed by atoms with Crippen LogP contribution >= 0.6 is 11.3 Å². The molecule has 1 aliphatic rings. The summed E-state index contributed by atoms with van der Waals surface area (Å²) in [6.45, 7) is 5.08. The van der Waals surface area contributed by atoms with Gasteiger partial charge in [0.2, 0.25) is 0 Å². The smallest absolute Gasteiger partial charge is 0.181 e. The molecule has 1 aliphatic heterocycles. The molecular formula is C25H26N4OS. The number of thiophene rings is 1. The van der Waals surface area contributed by atoms with Crippen molar-refractivity contribution in [3.8, 4) is 22.6 Å². The molecule has 1 fully saturated rings. The number of aromatic nitrogens is 3. The molecule has 2 atom stereocenters. The molecule has 0 aliphatic carbocycles. The first-order chi connectivity index (χ1) is 15.2. The quantitative estimate of drug-likeness (QED) is 0.455. The van der Waals surface area contributed by atoms with Gasteiger partial charge in [0.05, 0.1) is 17.5 Å². The van der Waals surface area contributed by atoms with E-state index in [4.69, 9.17) is 9.97 Å². The van der Waals surface area contributed by atoms with Gasteiger partial charge < -0.3 is 10.0 Å². The molecular weight excluding hydrogens is 404 g/mol. The minimum absolute atomic E-state index is 0.0727. The molecule has 0 bridgehead atoms. The highest BCUT2D eigenvalue weighted by Crippen LogP contribution is 2.44. The second-order valence-electron chi connectivity index (χ2n) is 8.04. The number of nitrogens with zero attached hydrogens (tertiary/aromatic N) is 4. The lowest BCUT2D eigenvalue weighted by Gasteiger charge is -2.30. The molecule has 3 aromatic heterocycles. The van der Waals surface area contributed by atoms with E-state index in [1.807, 2.05) is 31.2 Å². The maximum absolute atomic E-state index is 10.7. The number of fused-ring (bicyclic) bond motifs is 1. The van der Waals surface area contributed by atoms with Crippen LogP contribution in [0.1, 0.15) is 31.1 Å². The minimum Gasteiger partial charge on any atom is -0.391 e. The van der Waals surface area contributed by atoms with Crippen LogP contribution in [-0.4, -0.2) is 38.7 Å². The first-order valence-electron chi connectivity index (χ1n) is 10.9. The van der Waals surface area contributed by atoms with Crippen LogP contribution in [0.4, 0.5) is 5.82 Å². The van der Waals surface area contributed by atoms with Crippen molar-refractivity contribution in [1.82, 2.24) is 15.0 Å². The average molecular weight is 431 g/mol. The van der Waals surface area contributed by atoms with Gasteiger partial charge in [-0.3, -0.25) is 4.98 Å². The van der Waals surface area contributed by atoms with E-state index < -0.39 is 0 Å². The van der Waals surface area contributed by atoms with Crippen LogP contribution < -0.4 is 4.90 Å². The van der Waals surface area contributed by atoms with Crippen molar-refractivity contribution in [3.05, 3.63) is 59.6 Å². The van der Waals surface area contributed by atoms with Crippen LogP contribution in [0, 0.1) is 6.92 Å². The number of benzene rings is 1. The molecule has 0 amide bonds. The standard InChI is InChI=1S/C25H26N4OS/c1-3-20(30)19-13-9-15-29(19)24-22-21(17-10-5-4-6-11-17)16(2)31-25(22)28-23(27-24)18-12-7-8-14-26-18/h4-8,10-12,14,19-20,30H,3,9,13,15H2,1-2H3/t19-,20?/m1/s1. The van der Waals surface area contributed by atoms with Crippen molar-refractivity contribution in [2.45, 2.75) is 45.3 Å². The van der Waals surface area contributed by atoms with Crippen molar-refractivity contribution >= 4 is 27.4 Å². The molecule has 5 nitrogen and oxygen atoms in total. The van der Waals surface area contributed by atoms with Gasteiger partial charge in [0.1, 0.15) is 16.3 Å². The number of hydrogen-bond donors (Lipinski definition) is 1. The van der Waals surface area contributed by atoms with Crippen molar-refractivity contribution in [2.24, 2.45) is 0 Å². The molecule has 0 saturated carbocycles. The van der Waals surface area contributed by atoms with E-state index in [0.717, 1.165) is 47.5 Å². The maximum atomic E-state index is 10.7. The summed E-state index contributed by atoms with van der Waals surface area (Å²) in [5.41, 5.74) is 3.14. The molecule has 0 spiro atoms. The Morgan fingerprint density at radius 3 is 2.68 bits per heavy atom. The van der Waals surface area contributed by atoms with Crippen molar-refractivity contribution in [1.29, 1.82) is 0 Å². The molecule has 4 aromatic rings. The summed E-state index contributed by atoms with van der Waals surface area (Å²) in [5, 5.41) is 11.8. The topological polar surface area (TPSA) is 62.1 Å². The zero-order valence-corrected chi connectivity index (χ0v) is 18.6. The molecule has 1 N–H and O–H groups in total. The molecule has 4 heterocycles. The number of pyridine rings is 1. The lowest BCUT2D eigenvalue weighted by molar-refractivity contribution is 0.141. The molecule has 1 saturated heterocycles. The van der Waals surface area contributed by atoms with Crippen LogP contribution in [0.3, 0.4) is 0 Å². The number of rotatable bonds is 5. The number of aryl methyl sites for hydroxylation is 1. The van der Waals surface area contributed by atoms with Gasteiger partial charge in [-0.1, -0.05) is 43.3 Å². The van der Waals surface area contributed by atoms with Gasteiger partial charge in [-0.25, -0.2) is 9.97 Å². The lowest BCUT2D eigenvalue weighted by Crippen LogP contribution is -2.39. The Morgan fingerprint density at radius 1 is 1.13 bits per heavy atom. The fourth-order valence-electron chi connectivity index (χ4n) is 4.59. The Balaban J connectivity index is 1.78. The van der Waals surface area contributed by atoms with Gasteiger partial charge in [0, 0.05) is 23.2 Å². The highest BCUT2D eigenvalue weighted by molar-refractivity contribution is 7.19. The second kappa shape index (κ2) is 8.36. The van der Waals surface area contributed by atoms with Crippen LogP contribution in [-0.2, 0) is 0 Å². The third-order valence-corrected chi connectivity index (χ3v) is 7.10. The highest BCUT2D eigenvalue weighted by atomic mass is 32.1. The highest BCUT2D eigenvalue weighted by Gasteiger charge is 2.33. The number of anilines is 1. The molecule has 0 radical (unpaired) electrons. The summed E-state index contributed by atoms with van der Waals surface area (Å²) >= 11 is 1.70. The van der Waals surface area contributed by atoms with E-state index in [-0.39, 0.29) is 12.1 Å². The zero-order valence-electron chi connectivity index (χ0n) is 17.8. The Labute approximate surface area is 186 Å². The van der Waals surface area contributed by atoms with Gasteiger partial charge in [-0.15, -0.1) is 11.3 Å². The molecule has 31 heavy (non-hydrogen) atoms. The van der Waals surface area contributed by atoms with Gasteiger partial charge in [-0.05, 0) is 43.9 Å². The van der Waals surface area contributed by atoms with Gasteiger partial charge >= 0.3 is 0 Å². The summed E-state index contributed by atoms with van der Waals surface area (Å²) in [4.78, 5) is 19.0. The summed E-state index contributed by atoms with van der Waals surface area (Å²) in [6, 6.07) is 16.4. The Hall–Kier alpha value is -2.83. The van der Waals surface area contributed by atoms with Crippen LogP contribution in [0.15, 0.2) is 54.7 Å². The predicted octanol–water partition coefficient (Wildman–Crippen LogP) is 5.47. The first kappa shape index (κ1) is 20.1.